The molecule has 0 radical (unpaired) electrons. The number of unbranched alkanes of at least 4 members (excludes halogenated alkanes) is 1. The van der Waals surface area contributed by atoms with Crippen molar-refractivity contribution in [2.24, 2.45) is 0 Å². The van der Waals surface area contributed by atoms with Gasteiger partial charge in [0.25, 0.3) is 0 Å². The maximum absolute atomic E-state index is 4.04. The molecule has 0 atom stereocenters. The van der Waals surface area contributed by atoms with Gasteiger partial charge in [-0.05, 0) is 26.2 Å². The fraction of sp³-hybridized carbons (Fsp3) is 0.636. The van der Waals surface area contributed by atoms with E-state index in [0.717, 1.165) is 6.42 Å². The molecule has 64 valence electrons. The van der Waals surface area contributed by atoms with Crippen LogP contribution in [0.15, 0.2) is 23.8 Å². The molecular formula is C11H20. The Morgan fingerprint density at radius 3 is 2.45 bits per heavy atom. The maximum Gasteiger partial charge on any atom is -0.0282 e. The fourth-order valence-electron chi connectivity index (χ4n) is 1.04. The molecule has 0 fully saturated rings. The smallest absolute Gasteiger partial charge is 0.0282 e. The second-order valence-corrected chi connectivity index (χ2v) is 3.00. The highest BCUT2D eigenvalue weighted by atomic mass is 14.0. The van der Waals surface area contributed by atoms with Gasteiger partial charge in [0.15, 0.2) is 0 Å². The molecule has 0 aliphatic carbocycles. The minimum Gasteiger partial charge on any atom is -0.0956 e. The molecule has 0 aromatic heterocycles. The summed E-state index contributed by atoms with van der Waals surface area (Å²) in [5.41, 5.74) is 2.69. The van der Waals surface area contributed by atoms with Gasteiger partial charge in [-0.25, -0.2) is 0 Å². The number of rotatable bonds is 5. The lowest BCUT2D eigenvalue weighted by atomic mass is 10.0. The Labute approximate surface area is 71.0 Å². The van der Waals surface area contributed by atoms with Gasteiger partial charge in [0, 0.05) is 0 Å². The molecule has 0 unspecified atom stereocenters. The van der Waals surface area contributed by atoms with Crippen LogP contribution in [-0.2, 0) is 0 Å². The number of hydrogen-bond acceptors (Lipinski definition) is 0. The summed E-state index contributed by atoms with van der Waals surface area (Å²) in [6.07, 6.45) is 7.07. The van der Waals surface area contributed by atoms with E-state index < -0.39 is 0 Å². The van der Waals surface area contributed by atoms with Crippen molar-refractivity contribution in [1.29, 1.82) is 0 Å². The molecule has 0 N–H and O–H groups in total. The fourth-order valence-corrected chi connectivity index (χ4v) is 1.04. The molecule has 0 saturated heterocycles. The maximum atomic E-state index is 4.04. The van der Waals surface area contributed by atoms with Crippen LogP contribution in [-0.4, -0.2) is 0 Å². The molecule has 0 amide bonds. The normalized spacial score (nSPS) is 11.7. The molecule has 0 bridgehead atoms. The Balaban J connectivity index is 3.73. The van der Waals surface area contributed by atoms with Gasteiger partial charge in [-0.1, -0.05) is 44.1 Å². The van der Waals surface area contributed by atoms with Crippen molar-refractivity contribution in [1.82, 2.24) is 0 Å². The third-order valence-corrected chi connectivity index (χ3v) is 1.90. The topological polar surface area (TPSA) is 0 Å². The van der Waals surface area contributed by atoms with Crippen LogP contribution in [0, 0.1) is 0 Å². The molecule has 11 heavy (non-hydrogen) atoms. The molecule has 0 nitrogen and oxygen atoms in total. The van der Waals surface area contributed by atoms with E-state index in [2.05, 4.69) is 33.4 Å². The van der Waals surface area contributed by atoms with Gasteiger partial charge in [-0.2, -0.15) is 0 Å². The minimum absolute atomic E-state index is 1.12. The van der Waals surface area contributed by atoms with Crippen LogP contribution >= 0.6 is 0 Å². The van der Waals surface area contributed by atoms with Crippen molar-refractivity contribution in [2.45, 2.75) is 46.5 Å². The van der Waals surface area contributed by atoms with Gasteiger partial charge in [0.05, 0.1) is 0 Å². The van der Waals surface area contributed by atoms with E-state index in [1.165, 1.54) is 30.4 Å². The standard InChI is InChI=1S/C11H20/c1-5-7-9-11(4)10(3)8-6-2/h8H,4-7,9H2,1-3H3. The Kier molecular flexibility index (Phi) is 5.91. The first kappa shape index (κ1) is 10.5. The second kappa shape index (κ2) is 6.21. The lowest BCUT2D eigenvalue weighted by Crippen LogP contribution is -1.83. The molecular weight excluding hydrogens is 132 g/mol. The van der Waals surface area contributed by atoms with Crippen molar-refractivity contribution in [3.8, 4) is 0 Å². The van der Waals surface area contributed by atoms with Gasteiger partial charge in [0.2, 0.25) is 0 Å². The van der Waals surface area contributed by atoms with Crippen LogP contribution in [0.2, 0.25) is 0 Å². The molecule has 0 rings (SSSR count). The van der Waals surface area contributed by atoms with Crippen LogP contribution < -0.4 is 0 Å². The summed E-state index contributed by atoms with van der Waals surface area (Å²) in [5.74, 6) is 0. The Bertz CT molecular complexity index is 140. The molecule has 0 aromatic carbocycles. The van der Waals surface area contributed by atoms with E-state index in [-0.39, 0.29) is 0 Å². The lowest BCUT2D eigenvalue weighted by Gasteiger charge is -2.03. The second-order valence-electron chi connectivity index (χ2n) is 3.00. The number of allylic oxidation sites excluding steroid dienone is 3. The molecule has 0 aliphatic heterocycles. The Morgan fingerprint density at radius 2 is 2.00 bits per heavy atom. The van der Waals surface area contributed by atoms with Crippen molar-refractivity contribution in [3.63, 3.8) is 0 Å². The lowest BCUT2D eigenvalue weighted by molar-refractivity contribution is 0.792. The zero-order chi connectivity index (χ0) is 8.69. The quantitative estimate of drug-likeness (QED) is 0.520. The molecule has 0 spiro atoms. The van der Waals surface area contributed by atoms with E-state index in [0.29, 0.717) is 0 Å². The highest BCUT2D eigenvalue weighted by Gasteiger charge is 1.94. The van der Waals surface area contributed by atoms with E-state index in [1.54, 1.807) is 0 Å². The summed E-state index contributed by atoms with van der Waals surface area (Å²) in [6.45, 7) is 10.6. The minimum atomic E-state index is 1.12. The first-order valence-electron chi connectivity index (χ1n) is 4.57. The molecule has 0 heteroatoms. The summed E-state index contributed by atoms with van der Waals surface area (Å²) >= 11 is 0. The van der Waals surface area contributed by atoms with Gasteiger partial charge in [0.1, 0.15) is 0 Å². The Hall–Kier alpha value is -0.520. The van der Waals surface area contributed by atoms with E-state index in [4.69, 9.17) is 0 Å². The van der Waals surface area contributed by atoms with Crippen molar-refractivity contribution in [2.75, 3.05) is 0 Å². The molecule has 0 heterocycles. The zero-order valence-electron chi connectivity index (χ0n) is 8.11. The monoisotopic (exact) mass is 152 g/mol. The highest BCUT2D eigenvalue weighted by Crippen LogP contribution is 2.14. The zero-order valence-corrected chi connectivity index (χ0v) is 8.11. The summed E-state index contributed by atoms with van der Waals surface area (Å²) in [6, 6.07) is 0. The van der Waals surface area contributed by atoms with Crippen molar-refractivity contribution >= 4 is 0 Å². The predicted molar refractivity (Wildman–Crippen MR) is 52.7 cm³/mol. The van der Waals surface area contributed by atoms with Crippen molar-refractivity contribution < 1.29 is 0 Å². The first-order valence-corrected chi connectivity index (χ1v) is 4.57. The Morgan fingerprint density at radius 1 is 1.36 bits per heavy atom. The van der Waals surface area contributed by atoms with Crippen LogP contribution in [0.5, 0.6) is 0 Å². The predicted octanol–water partition coefficient (Wildman–Crippen LogP) is 4.09. The van der Waals surface area contributed by atoms with E-state index in [1.807, 2.05) is 0 Å². The summed E-state index contributed by atoms with van der Waals surface area (Å²) in [5, 5.41) is 0. The van der Waals surface area contributed by atoms with Gasteiger partial charge >= 0.3 is 0 Å². The molecule has 0 aromatic rings. The van der Waals surface area contributed by atoms with E-state index >= 15 is 0 Å². The van der Waals surface area contributed by atoms with Gasteiger partial charge in [-0.3, -0.25) is 0 Å². The third-order valence-electron chi connectivity index (χ3n) is 1.90. The summed E-state index contributed by atoms with van der Waals surface area (Å²) in [7, 11) is 0. The van der Waals surface area contributed by atoms with E-state index in [9.17, 15) is 0 Å². The summed E-state index contributed by atoms with van der Waals surface area (Å²) in [4.78, 5) is 0. The van der Waals surface area contributed by atoms with Gasteiger partial charge in [-0.15, -0.1) is 0 Å². The highest BCUT2D eigenvalue weighted by molar-refractivity contribution is 5.25. The SMILES string of the molecule is C=C(CCCC)C(C)=CCC. The van der Waals surface area contributed by atoms with Crippen molar-refractivity contribution in [3.05, 3.63) is 23.8 Å². The van der Waals surface area contributed by atoms with Crippen LogP contribution in [0.3, 0.4) is 0 Å². The average molecular weight is 152 g/mol. The first-order chi connectivity index (χ1) is 5.22. The molecule has 0 aliphatic rings. The number of hydrogen-bond donors (Lipinski definition) is 0. The third kappa shape index (κ3) is 4.83. The van der Waals surface area contributed by atoms with Gasteiger partial charge < -0.3 is 0 Å². The summed E-state index contributed by atoms with van der Waals surface area (Å²) < 4.78 is 0. The van der Waals surface area contributed by atoms with Crippen LogP contribution in [0.25, 0.3) is 0 Å². The average Bonchev–Trinajstić information content (AvgIpc) is 2.00. The van der Waals surface area contributed by atoms with Crippen LogP contribution in [0.1, 0.15) is 46.5 Å². The molecule has 0 saturated carbocycles. The van der Waals surface area contributed by atoms with Crippen LogP contribution in [0.4, 0.5) is 0 Å². The largest absolute Gasteiger partial charge is 0.0956 e.